The van der Waals surface area contributed by atoms with Crippen LogP contribution in [0.5, 0.6) is 5.75 Å². The first kappa shape index (κ1) is 23.5. The summed E-state index contributed by atoms with van der Waals surface area (Å²) in [6.45, 7) is 13.5. The van der Waals surface area contributed by atoms with Crippen LogP contribution in [0.2, 0.25) is 0 Å². The fourth-order valence-corrected chi connectivity index (χ4v) is 2.71. The maximum atomic E-state index is 13.3. The Bertz CT molecular complexity index is 782. The van der Waals surface area contributed by atoms with E-state index in [0.717, 1.165) is 18.2 Å². The van der Waals surface area contributed by atoms with Crippen LogP contribution < -0.4 is 10.2 Å². The van der Waals surface area contributed by atoms with E-state index >= 15 is 0 Å². The van der Waals surface area contributed by atoms with Crippen molar-refractivity contribution in [2.75, 3.05) is 0 Å². The number of carbonyl (C=O) groups is 1. The number of halogens is 3. The third-order valence-corrected chi connectivity index (χ3v) is 6.00. The number of rotatable bonds is 4. The monoisotopic (exact) mass is 416 g/mol. The summed E-state index contributed by atoms with van der Waals surface area (Å²) in [4.78, 5) is 12.0. The summed E-state index contributed by atoms with van der Waals surface area (Å²) < 4.78 is 57.6. The second kappa shape index (κ2) is 6.91. The summed E-state index contributed by atoms with van der Waals surface area (Å²) in [5.41, 5.74) is -5.04. The molecular formula is C20H28BF3O5. The first-order chi connectivity index (χ1) is 12.8. The van der Waals surface area contributed by atoms with Crippen LogP contribution >= 0.6 is 0 Å². The summed E-state index contributed by atoms with van der Waals surface area (Å²) in [5.74, 6) is -1.26. The minimum absolute atomic E-state index is 0.00444. The first-order valence-electron chi connectivity index (χ1n) is 9.31. The molecular weight excluding hydrogens is 388 g/mol. The van der Waals surface area contributed by atoms with Crippen molar-refractivity contribution in [2.24, 2.45) is 5.41 Å². The Labute approximate surface area is 169 Å². The van der Waals surface area contributed by atoms with Crippen molar-refractivity contribution in [2.45, 2.75) is 78.4 Å². The Balaban J connectivity index is 2.61. The largest absolute Gasteiger partial charge is 0.498 e. The van der Waals surface area contributed by atoms with E-state index < -0.39 is 47.0 Å². The quantitative estimate of drug-likeness (QED) is 0.743. The molecule has 1 heterocycles. The molecule has 0 aromatic heterocycles. The highest BCUT2D eigenvalue weighted by Gasteiger charge is 2.54. The van der Waals surface area contributed by atoms with E-state index in [1.54, 1.807) is 48.5 Å². The van der Waals surface area contributed by atoms with Crippen LogP contribution in [0.25, 0.3) is 0 Å². The van der Waals surface area contributed by atoms with Gasteiger partial charge in [0.15, 0.2) is 0 Å². The molecule has 0 bridgehead atoms. The molecule has 0 spiro atoms. The standard InChI is InChI=1S/C20H28BF3O5/c1-16(2,3)19(8,15(25)26)27-14-10-9-12(20(22,23)24)11-13(14)21-28-17(4,5)18(6,7)29-21/h9-11H,1-8H3,(H,25,26)/t19-/m1/s1. The van der Waals surface area contributed by atoms with Crippen LogP contribution in [0.1, 0.15) is 61.0 Å². The van der Waals surface area contributed by atoms with E-state index in [0.29, 0.717) is 0 Å². The normalized spacial score (nSPS) is 21.0. The number of hydrogen-bond acceptors (Lipinski definition) is 4. The molecule has 0 amide bonds. The zero-order chi connectivity index (χ0) is 22.6. The second-order valence-corrected chi connectivity index (χ2v) is 9.53. The summed E-state index contributed by atoms with van der Waals surface area (Å²) in [5, 5.41) is 9.77. The molecule has 1 fully saturated rings. The van der Waals surface area contributed by atoms with Gasteiger partial charge in [0, 0.05) is 10.9 Å². The Morgan fingerprint density at radius 1 is 1.03 bits per heavy atom. The molecule has 5 nitrogen and oxygen atoms in total. The van der Waals surface area contributed by atoms with E-state index in [4.69, 9.17) is 14.0 Å². The lowest BCUT2D eigenvalue weighted by atomic mass is 9.75. The minimum Gasteiger partial charge on any atom is -0.478 e. The third kappa shape index (κ3) is 4.26. The van der Waals surface area contributed by atoms with Gasteiger partial charge < -0.3 is 19.2 Å². The number of aliphatic carboxylic acids is 1. The van der Waals surface area contributed by atoms with E-state index in [9.17, 15) is 23.1 Å². The molecule has 162 valence electrons. The number of carboxylic acids is 1. The van der Waals surface area contributed by atoms with Gasteiger partial charge in [0.2, 0.25) is 5.60 Å². The Kier molecular flexibility index (Phi) is 5.61. The lowest BCUT2D eigenvalue weighted by Gasteiger charge is -2.38. The summed E-state index contributed by atoms with van der Waals surface area (Å²) >= 11 is 0. The highest BCUT2D eigenvalue weighted by atomic mass is 19.4. The molecule has 1 aromatic carbocycles. The highest BCUT2D eigenvalue weighted by molar-refractivity contribution is 6.63. The number of ether oxygens (including phenoxy) is 1. The topological polar surface area (TPSA) is 65.0 Å². The molecule has 1 aliphatic rings. The van der Waals surface area contributed by atoms with Gasteiger partial charge in [-0.25, -0.2) is 4.79 Å². The van der Waals surface area contributed by atoms with Gasteiger partial charge in [0.1, 0.15) is 5.75 Å². The predicted octanol–water partition coefficient (Wildman–Crippen LogP) is 4.27. The third-order valence-electron chi connectivity index (χ3n) is 6.00. The van der Waals surface area contributed by atoms with Gasteiger partial charge >= 0.3 is 19.3 Å². The van der Waals surface area contributed by atoms with Gasteiger partial charge in [-0.15, -0.1) is 0 Å². The second-order valence-electron chi connectivity index (χ2n) is 9.53. The number of carboxylic acid groups (broad SMARTS) is 1. The lowest BCUT2D eigenvalue weighted by Crippen LogP contribution is -2.53. The van der Waals surface area contributed by atoms with Crippen LogP contribution in [0, 0.1) is 5.41 Å². The van der Waals surface area contributed by atoms with Gasteiger partial charge in [-0.1, -0.05) is 20.8 Å². The highest BCUT2D eigenvalue weighted by Crippen LogP contribution is 2.40. The summed E-state index contributed by atoms with van der Waals surface area (Å²) in [6.07, 6.45) is -4.59. The average Bonchev–Trinajstić information content (AvgIpc) is 2.73. The van der Waals surface area contributed by atoms with Crippen LogP contribution in [0.15, 0.2) is 18.2 Å². The molecule has 0 saturated carbocycles. The number of alkyl halides is 3. The van der Waals surface area contributed by atoms with Crippen molar-refractivity contribution in [1.82, 2.24) is 0 Å². The smallest absolute Gasteiger partial charge is 0.478 e. The van der Waals surface area contributed by atoms with Crippen molar-refractivity contribution >= 4 is 18.6 Å². The lowest BCUT2D eigenvalue weighted by molar-refractivity contribution is -0.163. The van der Waals surface area contributed by atoms with Gasteiger partial charge in [0.25, 0.3) is 0 Å². The molecule has 1 aliphatic heterocycles. The molecule has 29 heavy (non-hydrogen) atoms. The predicted molar refractivity (Wildman–Crippen MR) is 103 cm³/mol. The van der Waals surface area contributed by atoms with Crippen LogP contribution in [0.3, 0.4) is 0 Å². The van der Waals surface area contributed by atoms with Crippen LogP contribution in [0.4, 0.5) is 13.2 Å². The Morgan fingerprint density at radius 2 is 1.52 bits per heavy atom. The van der Waals surface area contributed by atoms with Gasteiger partial charge in [-0.3, -0.25) is 0 Å². The fourth-order valence-electron chi connectivity index (χ4n) is 2.71. The number of benzene rings is 1. The first-order valence-corrected chi connectivity index (χ1v) is 9.31. The van der Waals surface area contributed by atoms with Crippen molar-refractivity contribution in [3.63, 3.8) is 0 Å². The SMILES string of the molecule is CC1(C)OB(c2cc(C(F)(F)F)ccc2O[C@](C)(C(=O)O)C(C)(C)C)OC1(C)C. The van der Waals surface area contributed by atoms with Gasteiger partial charge in [-0.05, 0) is 52.8 Å². The molecule has 1 N–H and O–H groups in total. The van der Waals surface area contributed by atoms with E-state index in [1.165, 1.54) is 6.92 Å². The Morgan fingerprint density at radius 3 is 1.90 bits per heavy atom. The molecule has 1 aromatic rings. The summed E-state index contributed by atoms with van der Waals surface area (Å²) in [6, 6.07) is 2.87. The summed E-state index contributed by atoms with van der Waals surface area (Å²) in [7, 11) is -1.14. The van der Waals surface area contributed by atoms with E-state index in [-0.39, 0.29) is 11.2 Å². The van der Waals surface area contributed by atoms with Crippen molar-refractivity contribution < 1.29 is 37.1 Å². The molecule has 1 saturated heterocycles. The van der Waals surface area contributed by atoms with Gasteiger partial charge in [0.05, 0.1) is 16.8 Å². The van der Waals surface area contributed by atoms with Crippen LogP contribution in [-0.2, 0) is 20.3 Å². The zero-order valence-electron chi connectivity index (χ0n) is 18.0. The van der Waals surface area contributed by atoms with Crippen molar-refractivity contribution in [3.05, 3.63) is 23.8 Å². The number of hydrogen-bond donors (Lipinski definition) is 1. The van der Waals surface area contributed by atoms with E-state index in [1.807, 2.05) is 0 Å². The van der Waals surface area contributed by atoms with E-state index in [2.05, 4.69) is 0 Å². The molecule has 1 atom stereocenters. The maximum absolute atomic E-state index is 13.3. The zero-order valence-corrected chi connectivity index (χ0v) is 18.0. The van der Waals surface area contributed by atoms with Crippen molar-refractivity contribution in [3.8, 4) is 5.75 Å². The van der Waals surface area contributed by atoms with Crippen LogP contribution in [-0.4, -0.2) is 35.0 Å². The fraction of sp³-hybridized carbons (Fsp3) is 0.650. The molecule has 0 unspecified atom stereocenters. The van der Waals surface area contributed by atoms with Gasteiger partial charge in [-0.2, -0.15) is 13.2 Å². The molecule has 0 aliphatic carbocycles. The van der Waals surface area contributed by atoms with Crippen molar-refractivity contribution in [1.29, 1.82) is 0 Å². The molecule has 9 heteroatoms. The maximum Gasteiger partial charge on any atom is 0.498 e. The molecule has 2 rings (SSSR count). The molecule has 0 radical (unpaired) electrons. The Hall–Kier alpha value is -1.74. The minimum atomic E-state index is -4.59. The average molecular weight is 416 g/mol.